The van der Waals surface area contributed by atoms with Crippen molar-refractivity contribution in [1.82, 2.24) is 5.32 Å². The van der Waals surface area contributed by atoms with Crippen molar-refractivity contribution in [2.24, 2.45) is 0 Å². The van der Waals surface area contributed by atoms with Crippen molar-refractivity contribution in [3.8, 4) is 5.75 Å². The van der Waals surface area contributed by atoms with Crippen LogP contribution in [0.4, 0.5) is 0 Å². The molecule has 1 N–H and O–H groups in total. The van der Waals surface area contributed by atoms with Gasteiger partial charge in [0, 0.05) is 5.54 Å². The molecule has 1 aliphatic rings. The molecule has 0 amide bonds. The fourth-order valence-electron chi connectivity index (χ4n) is 2.48. The fraction of sp³-hybridized carbons (Fsp3) is 0.600. The topological polar surface area (TPSA) is 21.3 Å². The van der Waals surface area contributed by atoms with Gasteiger partial charge in [-0.3, -0.25) is 0 Å². The van der Waals surface area contributed by atoms with Gasteiger partial charge in [-0.25, -0.2) is 0 Å². The molecule has 2 rings (SSSR count). The second-order valence-corrected chi connectivity index (χ2v) is 5.26. The van der Waals surface area contributed by atoms with Gasteiger partial charge in [-0.2, -0.15) is 0 Å². The van der Waals surface area contributed by atoms with Gasteiger partial charge in [0.2, 0.25) is 0 Å². The standard InChI is InChI=1S/C15H23NO/c1-3-11-17-14-7-5-13(6-8-14)12-15(2)9-4-10-16-15/h5-8,16H,3-4,9-12H2,1-2H3. The van der Waals surface area contributed by atoms with Crippen LogP contribution in [-0.4, -0.2) is 18.7 Å². The van der Waals surface area contributed by atoms with Gasteiger partial charge in [0.25, 0.3) is 0 Å². The Morgan fingerprint density at radius 1 is 1.29 bits per heavy atom. The molecule has 94 valence electrons. The number of benzene rings is 1. The Balaban J connectivity index is 1.93. The number of rotatable bonds is 5. The number of hydrogen-bond donors (Lipinski definition) is 1. The van der Waals surface area contributed by atoms with E-state index in [0.29, 0.717) is 5.54 Å². The molecule has 0 aromatic heterocycles. The van der Waals surface area contributed by atoms with Gasteiger partial charge in [-0.15, -0.1) is 0 Å². The van der Waals surface area contributed by atoms with Gasteiger partial charge in [0.1, 0.15) is 5.75 Å². The molecule has 0 radical (unpaired) electrons. The molecule has 1 aliphatic heterocycles. The van der Waals surface area contributed by atoms with Gasteiger partial charge in [-0.05, 0) is 56.8 Å². The Labute approximate surface area is 104 Å². The quantitative estimate of drug-likeness (QED) is 0.843. The van der Waals surface area contributed by atoms with Crippen LogP contribution in [0.15, 0.2) is 24.3 Å². The highest BCUT2D eigenvalue weighted by Crippen LogP contribution is 2.24. The van der Waals surface area contributed by atoms with Crippen molar-refractivity contribution >= 4 is 0 Å². The summed E-state index contributed by atoms with van der Waals surface area (Å²) in [6, 6.07) is 8.55. The molecule has 1 heterocycles. The normalized spacial score (nSPS) is 23.9. The predicted molar refractivity (Wildman–Crippen MR) is 71.6 cm³/mol. The van der Waals surface area contributed by atoms with Crippen LogP contribution >= 0.6 is 0 Å². The third kappa shape index (κ3) is 3.47. The Morgan fingerprint density at radius 3 is 2.65 bits per heavy atom. The maximum absolute atomic E-state index is 5.59. The zero-order valence-corrected chi connectivity index (χ0v) is 11.0. The van der Waals surface area contributed by atoms with Crippen molar-refractivity contribution in [1.29, 1.82) is 0 Å². The van der Waals surface area contributed by atoms with Crippen LogP contribution in [0.5, 0.6) is 5.75 Å². The maximum Gasteiger partial charge on any atom is 0.119 e. The minimum atomic E-state index is 0.297. The number of nitrogens with one attached hydrogen (secondary N) is 1. The van der Waals surface area contributed by atoms with Crippen molar-refractivity contribution in [3.63, 3.8) is 0 Å². The van der Waals surface area contributed by atoms with E-state index in [-0.39, 0.29) is 0 Å². The van der Waals surface area contributed by atoms with Gasteiger partial charge in [0.15, 0.2) is 0 Å². The summed E-state index contributed by atoms with van der Waals surface area (Å²) in [4.78, 5) is 0. The minimum Gasteiger partial charge on any atom is -0.494 e. The first-order chi connectivity index (χ1) is 8.22. The Kier molecular flexibility index (Phi) is 4.06. The summed E-state index contributed by atoms with van der Waals surface area (Å²) >= 11 is 0. The van der Waals surface area contributed by atoms with Gasteiger partial charge < -0.3 is 10.1 Å². The van der Waals surface area contributed by atoms with E-state index in [1.165, 1.54) is 18.4 Å². The summed E-state index contributed by atoms with van der Waals surface area (Å²) in [5.74, 6) is 0.986. The second kappa shape index (κ2) is 5.54. The van der Waals surface area contributed by atoms with Gasteiger partial charge >= 0.3 is 0 Å². The third-order valence-corrected chi connectivity index (χ3v) is 3.45. The zero-order valence-electron chi connectivity index (χ0n) is 11.0. The molecule has 2 nitrogen and oxygen atoms in total. The summed E-state index contributed by atoms with van der Waals surface area (Å²) in [5.41, 5.74) is 1.69. The van der Waals surface area contributed by atoms with Crippen LogP contribution in [0, 0.1) is 0 Å². The van der Waals surface area contributed by atoms with E-state index in [2.05, 4.69) is 43.4 Å². The van der Waals surface area contributed by atoms with Crippen molar-refractivity contribution < 1.29 is 4.74 Å². The van der Waals surface area contributed by atoms with E-state index in [4.69, 9.17) is 4.74 Å². The summed E-state index contributed by atoms with van der Waals surface area (Å²) in [5, 5.41) is 3.60. The second-order valence-electron chi connectivity index (χ2n) is 5.26. The largest absolute Gasteiger partial charge is 0.494 e. The lowest BCUT2D eigenvalue weighted by Crippen LogP contribution is -2.38. The molecule has 1 aromatic rings. The summed E-state index contributed by atoms with van der Waals surface area (Å²) < 4.78 is 5.59. The van der Waals surface area contributed by atoms with Crippen LogP contribution in [-0.2, 0) is 6.42 Å². The van der Waals surface area contributed by atoms with E-state index >= 15 is 0 Å². The smallest absolute Gasteiger partial charge is 0.119 e. The first kappa shape index (κ1) is 12.4. The van der Waals surface area contributed by atoms with E-state index in [9.17, 15) is 0 Å². The highest BCUT2D eigenvalue weighted by atomic mass is 16.5. The molecule has 0 bridgehead atoms. The molecule has 1 fully saturated rings. The molecule has 0 saturated carbocycles. The number of hydrogen-bond acceptors (Lipinski definition) is 2. The maximum atomic E-state index is 5.59. The molecule has 1 aromatic carbocycles. The molecule has 1 atom stereocenters. The first-order valence-electron chi connectivity index (χ1n) is 6.69. The lowest BCUT2D eigenvalue weighted by Gasteiger charge is -2.24. The van der Waals surface area contributed by atoms with E-state index in [0.717, 1.165) is 31.7 Å². The summed E-state index contributed by atoms with van der Waals surface area (Å²) in [6.07, 6.45) is 4.75. The van der Waals surface area contributed by atoms with Crippen molar-refractivity contribution in [2.45, 2.75) is 45.1 Å². The Morgan fingerprint density at radius 2 is 2.06 bits per heavy atom. The first-order valence-corrected chi connectivity index (χ1v) is 6.69. The summed E-state index contributed by atoms with van der Waals surface area (Å²) in [6.45, 7) is 6.41. The van der Waals surface area contributed by atoms with E-state index < -0.39 is 0 Å². The van der Waals surface area contributed by atoms with Crippen LogP contribution < -0.4 is 10.1 Å². The SMILES string of the molecule is CCCOc1ccc(CC2(C)CCCN2)cc1. The van der Waals surface area contributed by atoms with Crippen LogP contribution in [0.1, 0.15) is 38.7 Å². The van der Waals surface area contributed by atoms with Crippen LogP contribution in [0.3, 0.4) is 0 Å². The molecule has 1 saturated heterocycles. The lowest BCUT2D eigenvalue weighted by molar-refractivity contribution is 0.317. The van der Waals surface area contributed by atoms with Gasteiger partial charge in [0.05, 0.1) is 6.61 Å². The minimum absolute atomic E-state index is 0.297. The number of ether oxygens (including phenoxy) is 1. The fourth-order valence-corrected chi connectivity index (χ4v) is 2.48. The van der Waals surface area contributed by atoms with Crippen LogP contribution in [0.25, 0.3) is 0 Å². The predicted octanol–water partition coefficient (Wildman–Crippen LogP) is 3.16. The van der Waals surface area contributed by atoms with Gasteiger partial charge in [-0.1, -0.05) is 19.1 Å². The molecule has 2 heteroatoms. The highest BCUT2D eigenvalue weighted by molar-refractivity contribution is 5.28. The lowest BCUT2D eigenvalue weighted by atomic mass is 9.91. The van der Waals surface area contributed by atoms with E-state index in [1.807, 2.05) is 0 Å². The molecule has 0 aliphatic carbocycles. The summed E-state index contributed by atoms with van der Waals surface area (Å²) in [7, 11) is 0. The average molecular weight is 233 g/mol. The average Bonchev–Trinajstić information content (AvgIpc) is 2.75. The molecule has 1 unspecified atom stereocenters. The van der Waals surface area contributed by atoms with Crippen molar-refractivity contribution in [3.05, 3.63) is 29.8 Å². The van der Waals surface area contributed by atoms with E-state index in [1.54, 1.807) is 0 Å². The monoisotopic (exact) mass is 233 g/mol. The highest BCUT2D eigenvalue weighted by Gasteiger charge is 2.27. The molecule has 0 spiro atoms. The van der Waals surface area contributed by atoms with Crippen molar-refractivity contribution in [2.75, 3.05) is 13.2 Å². The van der Waals surface area contributed by atoms with Crippen LogP contribution in [0.2, 0.25) is 0 Å². The molecule has 17 heavy (non-hydrogen) atoms. The molecular formula is C15H23NO. The Bertz CT molecular complexity index is 338. The Hall–Kier alpha value is -1.02. The third-order valence-electron chi connectivity index (χ3n) is 3.45. The zero-order chi connectivity index (χ0) is 12.1. The molecular weight excluding hydrogens is 210 g/mol.